The maximum atomic E-state index is 2.32. The van der Waals surface area contributed by atoms with E-state index in [-0.39, 0.29) is 0 Å². The topological polar surface area (TPSA) is 0 Å². The molecule has 3 aromatic carbocycles. The lowest BCUT2D eigenvalue weighted by atomic mass is 9.80. The molecule has 0 radical (unpaired) electrons. The monoisotopic (exact) mass is 368 g/mol. The number of hydrogen-bond donors (Lipinski definition) is 0. The van der Waals surface area contributed by atoms with E-state index < -0.39 is 0 Å². The lowest BCUT2D eigenvalue weighted by molar-refractivity contribution is 0.887. The van der Waals surface area contributed by atoms with Gasteiger partial charge in [0, 0.05) is 10.6 Å². The van der Waals surface area contributed by atoms with Gasteiger partial charge in [0.1, 0.15) is 0 Å². The van der Waals surface area contributed by atoms with Crippen molar-refractivity contribution in [3.8, 4) is 11.1 Å². The van der Waals surface area contributed by atoms with Crippen LogP contribution in [0.3, 0.4) is 0 Å². The van der Waals surface area contributed by atoms with E-state index in [0.29, 0.717) is 0 Å². The third kappa shape index (κ3) is 3.26. The van der Waals surface area contributed by atoms with E-state index in [2.05, 4.69) is 72.8 Å². The molecule has 0 saturated heterocycles. The Labute approximate surface area is 166 Å². The van der Waals surface area contributed by atoms with Crippen LogP contribution in [0, 0.1) is 0 Å². The van der Waals surface area contributed by atoms with Gasteiger partial charge >= 0.3 is 0 Å². The first-order valence-electron chi connectivity index (χ1n) is 10.0. The summed E-state index contributed by atoms with van der Waals surface area (Å²) >= 11 is 1.97. The molecule has 1 heterocycles. The molecule has 0 unspecified atom stereocenters. The maximum Gasteiger partial charge on any atom is 0.0104 e. The lowest BCUT2D eigenvalue weighted by Gasteiger charge is -2.25. The summed E-state index contributed by atoms with van der Waals surface area (Å²) in [4.78, 5) is 1.48. The van der Waals surface area contributed by atoms with Gasteiger partial charge < -0.3 is 0 Å². The minimum Gasteiger partial charge on any atom is -0.126 e. The van der Waals surface area contributed by atoms with Gasteiger partial charge in [-0.15, -0.1) is 11.8 Å². The van der Waals surface area contributed by atoms with Gasteiger partial charge in [-0.2, -0.15) is 0 Å². The number of rotatable bonds is 0. The fourth-order valence-electron chi connectivity index (χ4n) is 4.52. The van der Waals surface area contributed by atoms with Crippen molar-refractivity contribution in [2.75, 3.05) is 5.75 Å². The Morgan fingerprint density at radius 1 is 0.630 bits per heavy atom. The molecular weight excluding hydrogens is 344 g/mol. The number of hydrogen-bond acceptors (Lipinski definition) is 1. The van der Waals surface area contributed by atoms with E-state index in [4.69, 9.17) is 0 Å². The molecule has 134 valence electrons. The predicted octanol–water partition coefficient (Wildman–Crippen LogP) is 6.75. The number of fused-ring (bicyclic) bond motifs is 6. The summed E-state index contributed by atoms with van der Waals surface area (Å²) in [5.41, 5.74) is 10.6. The van der Waals surface area contributed by atoms with Crippen LogP contribution < -0.4 is 0 Å². The predicted molar refractivity (Wildman–Crippen MR) is 118 cm³/mol. The zero-order valence-corrected chi connectivity index (χ0v) is 16.4. The SMILES string of the molecule is C1=Cc2ccc3c(c2CC1)CCc1ccccc1-3.c1ccc2c(c1)CCS2. The van der Waals surface area contributed by atoms with Gasteiger partial charge in [-0.25, -0.2) is 0 Å². The summed E-state index contributed by atoms with van der Waals surface area (Å²) in [6, 6.07) is 22.1. The van der Waals surface area contributed by atoms with Crippen LogP contribution in [0.4, 0.5) is 0 Å². The molecule has 0 fully saturated rings. The van der Waals surface area contributed by atoms with Crippen LogP contribution in [-0.4, -0.2) is 5.75 Å². The highest BCUT2D eigenvalue weighted by atomic mass is 32.2. The number of benzene rings is 3. The van der Waals surface area contributed by atoms with Gasteiger partial charge in [0.25, 0.3) is 0 Å². The molecule has 0 N–H and O–H groups in total. The molecule has 0 aromatic heterocycles. The lowest BCUT2D eigenvalue weighted by Crippen LogP contribution is -2.09. The second kappa shape index (κ2) is 7.40. The normalized spacial score (nSPS) is 15.7. The highest BCUT2D eigenvalue weighted by molar-refractivity contribution is 7.99. The van der Waals surface area contributed by atoms with Gasteiger partial charge in [-0.3, -0.25) is 0 Å². The van der Waals surface area contributed by atoms with Crippen LogP contribution in [0.25, 0.3) is 17.2 Å². The summed E-state index contributed by atoms with van der Waals surface area (Å²) in [5, 5.41) is 0. The molecule has 3 aliphatic rings. The van der Waals surface area contributed by atoms with E-state index in [1.807, 2.05) is 11.8 Å². The van der Waals surface area contributed by atoms with Crippen LogP contribution >= 0.6 is 11.8 Å². The largest absolute Gasteiger partial charge is 0.126 e. The van der Waals surface area contributed by atoms with Gasteiger partial charge in [0.2, 0.25) is 0 Å². The van der Waals surface area contributed by atoms with E-state index in [9.17, 15) is 0 Å². The molecule has 0 atom stereocenters. The Balaban J connectivity index is 0.000000149. The summed E-state index contributed by atoms with van der Waals surface area (Å²) in [6.07, 6.45) is 10.7. The highest BCUT2D eigenvalue weighted by Crippen LogP contribution is 2.38. The molecule has 0 nitrogen and oxygen atoms in total. The average Bonchev–Trinajstić information content (AvgIpc) is 3.23. The Hall–Kier alpha value is -2.25. The summed E-state index contributed by atoms with van der Waals surface area (Å²) in [7, 11) is 0. The number of thioether (sulfide) groups is 1. The molecule has 0 saturated carbocycles. The molecule has 0 spiro atoms. The van der Waals surface area contributed by atoms with E-state index >= 15 is 0 Å². The molecular formula is C26H24S. The summed E-state index contributed by atoms with van der Waals surface area (Å²) in [6.45, 7) is 0. The second-order valence-electron chi connectivity index (χ2n) is 7.46. The smallest absolute Gasteiger partial charge is 0.0104 e. The quantitative estimate of drug-likeness (QED) is 0.423. The maximum absolute atomic E-state index is 2.32. The van der Waals surface area contributed by atoms with E-state index in [0.717, 1.165) is 0 Å². The zero-order valence-electron chi connectivity index (χ0n) is 15.6. The van der Waals surface area contributed by atoms with Crippen LogP contribution in [0.5, 0.6) is 0 Å². The number of aryl methyl sites for hydroxylation is 2. The molecule has 0 bridgehead atoms. The van der Waals surface area contributed by atoms with E-state index in [1.165, 1.54) is 70.6 Å². The van der Waals surface area contributed by atoms with Crippen molar-refractivity contribution in [3.63, 3.8) is 0 Å². The Kier molecular flexibility index (Phi) is 4.63. The standard InChI is InChI=1S/C18H16.C8H8S/c1-3-7-15-13(5-1)9-11-18-16-8-4-2-6-14(16)10-12-17(15)18;1-2-4-8-7(3-1)5-6-9-8/h1-3,5-7,10,12H,4,8-9,11H2;1-4H,5-6H2. The molecule has 1 heteroatoms. The van der Waals surface area contributed by atoms with Crippen molar-refractivity contribution in [2.45, 2.75) is 37.0 Å². The first-order chi connectivity index (χ1) is 13.4. The average molecular weight is 369 g/mol. The fraction of sp³-hybridized carbons (Fsp3) is 0.231. The van der Waals surface area contributed by atoms with Gasteiger partial charge in [0.05, 0.1) is 0 Å². The van der Waals surface area contributed by atoms with Crippen molar-refractivity contribution in [3.05, 3.63) is 94.6 Å². The highest BCUT2D eigenvalue weighted by Gasteiger charge is 2.20. The third-order valence-corrected chi connectivity index (χ3v) is 7.00. The molecule has 27 heavy (non-hydrogen) atoms. The van der Waals surface area contributed by atoms with E-state index in [1.54, 1.807) is 11.1 Å². The van der Waals surface area contributed by atoms with Crippen LogP contribution in [0.15, 0.2) is 71.6 Å². The van der Waals surface area contributed by atoms with Crippen LogP contribution in [0.2, 0.25) is 0 Å². The van der Waals surface area contributed by atoms with Crippen molar-refractivity contribution >= 4 is 17.8 Å². The Morgan fingerprint density at radius 2 is 1.48 bits per heavy atom. The van der Waals surface area contributed by atoms with Crippen molar-refractivity contribution in [2.24, 2.45) is 0 Å². The third-order valence-electron chi connectivity index (χ3n) is 5.88. The molecule has 0 amide bonds. The summed E-state index contributed by atoms with van der Waals surface area (Å²) in [5.74, 6) is 1.28. The zero-order chi connectivity index (χ0) is 18.1. The number of allylic oxidation sites excluding steroid dienone is 1. The minimum absolute atomic E-state index is 1.20. The fourth-order valence-corrected chi connectivity index (χ4v) is 5.59. The minimum atomic E-state index is 1.20. The molecule has 6 rings (SSSR count). The first-order valence-corrected chi connectivity index (χ1v) is 11.0. The van der Waals surface area contributed by atoms with Gasteiger partial charge in [-0.1, -0.05) is 66.7 Å². The Bertz CT molecular complexity index is 989. The summed E-state index contributed by atoms with van der Waals surface area (Å²) < 4.78 is 0. The molecule has 3 aromatic rings. The van der Waals surface area contributed by atoms with Gasteiger partial charge in [-0.05, 0) is 77.1 Å². The van der Waals surface area contributed by atoms with Crippen molar-refractivity contribution < 1.29 is 0 Å². The van der Waals surface area contributed by atoms with Crippen molar-refractivity contribution in [1.82, 2.24) is 0 Å². The van der Waals surface area contributed by atoms with Crippen LogP contribution in [0.1, 0.15) is 34.2 Å². The molecule has 2 aliphatic carbocycles. The van der Waals surface area contributed by atoms with Crippen molar-refractivity contribution in [1.29, 1.82) is 0 Å². The van der Waals surface area contributed by atoms with Crippen LogP contribution in [-0.2, 0) is 25.7 Å². The molecule has 1 aliphatic heterocycles. The van der Waals surface area contributed by atoms with Gasteiger partial charge in [0.15, 0.2) is 0 Å². The first kappa shape index (κ1) is 16.9. The Morgan fingerprint density at radius 3 is 2.41 bits per heavy atom. The second-order valence-corrected chi connectivity index (χ2v) is 8.60.